The van der Waals surface area contributed by atoms with Gasteiger partial charge in [-0.3, -0.25) is 0 Å². The van der Waals surface area contributed by atoms with E-state index in [2.05, 4.69) is 22.3 Å². The standard InChI is InChI=1S/C21H23N5O3S/c1-5-10-22-21(30)25-19-15(20(27)29-6-2)12-23-26(19)17-11-13(3)14-8-7-9-16(28-4)18(14)24-17/h5,7-9,11-12H,1,6,10H2,2-4H3,(H2,22,25,30). The van der Waals surface area contributed by atoms with Crippen molar-refractivity contribution in [2.24, 2.45) is 0 Å². The molecule has 9 heteroatoms. The number of aryl methyl sites for hydroxylation is 1. The minimum atomic E-state index is -0.507. The second-order valence-electron chi connectivity index (χ2n) is 6.32. The second-order valence-corrected chi connectivity index (χ2v) is 6.72. The highest BCUT2D eigenvalue weighted by molar-refractivity contribution is 7.80. The number of carbonyl (C=O) groups is 1. The first-order valence-corrected chi connectivity index (χ1v) is 9.76. The van der Waals surface area contributed by atoms with E-state index in [9.17, 15) is 4.79 Å². The summed E-state index contributed by atoms with van der Waals surface area (Å²) in [6, 6.07) is 7.62. The second kappa shape index (κ2) is 9.36. The molecule has 0 atom stereocenters. The van der Waals surface area contributed by atoms with Crippen molar-refractivity contribution < 1.29 is 14.3 Å². The molecule has 0 saturated heterocycles. The van der Waals surface area contributed by atoms with Gasteiger partial charge >= 0.3 is 5.97 Å². The van der Waals surface area contributed by atoms with E-state index >= 15 is 0 Å². The van der Waals surface area contributed by atoms with Gasteiger partial charge in [0.05, 0.1) is 19.9 Å². The van der Waals surface area contributed by atoms with Crippen LogP contribution in [-0.4, -0.2) is 46.1 Å². The Labute approximate surface area is 179 Å². The van der Waals surface area contributed by atoms with Crippen LogP contribution in [0.5, 0.6) is 5.75 Å². The largest absolute Gasteiger partial charge is 0.494 e. The molecule has 2 aromatic heterocycles. The smallest absolute Gasteiger partial charge is 0.343 e. The van der Waals surface area contributed by atoms with Crippen LogP contribution in [0.25, 0.3) is 16.7 Å². The van der Waals surface area contributed by atoms with E-state index in [0.29, 0.717) is 34.6 Å². The third-order valence-electron chi connectivity index (χ3n) is 4.34. The summed E-state index contributed by atoms with van der Waals surface area (Å²) in [7, 11) is 1.60. The lowest BCUT2D eigenvalue weighted by Crippen LogP contribution is -2.30. The van der Waals surface area contributed by atoms with Gasteiger partial charge in [-0.15, -0.1) is 6.58 Å². The summed E-state index contributed by atoms with van der Waals surface area (Å²) in [4.78, 5) is 17.2. The Morgan fingerprint density at radius 2 is 2.20 bits per heavy atom. The van der Waals surface area contributed by atoms with Crippen molar-refractivity contribution in [3.63, 3.8) is 0 Å². The Hall–Kier alpha value is -3.46. The van der Waals surface area contributed by atoms with Gasteiger partial charge in [-0.25, -0.2) is 9.78 Å². The van der Waals surface area contributed by atoms with Crippen molar-refractivity contribution in [1.29, 1.82) is 0 Å². The minimum Gasteiger partial charge on any atom is -0.494 e. The highest BCUT2D eigenvalue weighted by Crippen LogP contribution is 2.29. The van der Waals surface area contributed by atoms with E-state index in [0.717, 1.165) is 10.9 Å². The molecule has 8 nitrogen and oxygen atoms in total. The van der Waals surface area contributed by atoms with Crippen LogP contribution in [0.2, 0.25) is 0 Å². The molecular formula is C21H23N5O3S. The fraction of sp³-hybridized carbons (Fsp3) is 0.238. The number of para-hydroxylation sites is 1. The minimum absolute atomic E-state index is 0.243. The van der Waals surface area contributed by atoms with E-state index in [1.54, 1.807) is 20.1 Å². The maximum Gasteiger partial charge on any atom is 0.343 e. The number of anilines is 1. The highest BCUT2D eigenvalue weighted by atomic mass is 32.1. The molecule has 3 rings (SSSR count). The number of fused-ring (bicyclic) bond motifs is 1. The number of nitrogens with one attached hydrogen (secondary N) is 2. The van der Waals surface area contributed by atoms with E-state index in [1.165, 1.54) is 10.9 Å². The molecule has 0 aliphatic carbocycles. The molecule has 2 N–H and O–H groups in total. The van der Waals surface area contributed by atoms with Gasteiger partial charge in [0.25, 0.3) is 0 Å². The molecule has 0 aliphatic rings. The highest BCUT2D eigenvalue weighted by Gasteiger charge is 2.22. The average molecular weight is 426 g/mol. The normalized spacial score (nSPS) is 10.5. The van der Waals surface area contributed by atoms with Crippen LogP contribution in [0.4, 0.5) is 5.82 Å². The van der Waals surface area contributed by atoms with Gasteiger partial charge in [-0.05, 0) is 43.8 Å². The zero-order valence-corrected chi connectivity index (χ0v) is 17.9. The lowest BCUT2D eigenvalue weighted by atomic mass is 10.1. The van der Waals surface area contributed by atoms with Crippen LogP contribution in [0.3, 0.4) is 0 Å². The molecule has 0 spiro atoms. The Morgan fingerprint density at radius 3 is 2.90 bits per heavy atom. The molecule has 0 aliphatic heterocycles. The molecule has 156 valence electrons. The van der Waals surface area contributed by atoms with Gasteiger partial charge in [0.2, 0.25) is 0 Å². The predicted molar refractivity (Wildman–Crippen MR) is 121 cm³/mol. The Morgan fingerprint density at radius 1 is 1.40 bits per heavy atom. The molecule has 0 fully saturated rings. The monoisotopic (exact) mass is 425 g/mol. The first kappa shape index (κ1) is 21.3. The fourth-order valence-corrected chi connectivity index (χ4v) is 3.14. The predicted octanol–water partition coefficient (Wildman–Crippen LogP) is 3.39. The van der Waals surface area contributed by atoms with Crippen LogP contribution in [0.15, 0.2) is 43.1 Å². The van der Waals surface area contributed by atoms with Crippen molar-refractivity contribution in [3.8, 4) is 11.6 Å². The number of esters is 1. The van der Waals surface area contributed by atoms with Crippen molar-refractivity contribution in [2.45, 2.75) is 13.8 Å². The zero-order valence-electron chi connectivity index (χ0n) is 17.1. The number of methoxy groups -OCH3 is 1. The fourth-order valence-electron chi connectivity index (χ4n) is 2.96. The summed E-state index contributed by atoms with van der Waals surface area (Å²) in [6.07, 6.45) is 3.11. The van der Waals surface area contributed by atoms with Crippen LogP contribution in [-0.2, 0) is 4.74 Å². The van der Waals surface area contributed by atoms with Gasteiger partial charge in [-0.1, -0.05) is 18.2 Å². The lowest BCUT2D eigenvalue weighted by molar-refractivity contribution is 0.0527. The molecule has 1 aromatic carbocycles. The van der Waals surface area contributed by atoms with Crippen molar-refractivity contribution in [1.82, 2.24) is 20.1 Å². The van der Waals surface area contributed by atoms with Gasteiger partial charge in [0, 0.05) is 11.9 Å². The number of ether oxygens (including phenoxy) is 2. The van der Waals surface area contributed by atoms with Gasteiger partial charge < -0.3 is 20.1 Å². The maximum absolute atomic E-state index is 12.4. The Balaban J connectivity index is 2.14. The third-order valence-corrected chi connectivity index (χ3v) is 4.58. The number of nitrogens with zero attached hydrogens (tertiary/aromatic N) is 3. The van der Waals surface area contributed by atoms with Crippen LogP contribution < -0.4 is 15.4 Å². The molecule has 0 radical (unpaired) electrons. The topological polar surface area (TPSA) is 90.3 Å². The van der Waals surface area contributed by atoms with Crippen LogP contribution >= 0.6 is 12.2 Å². The average Bonchev–Trinajstić information content (AvgIpc) is 3.15. The number of benzene rings is 1. The summed E-state index contributed by atoms with van der Waals surface area (Å²) in [5.41, 5.74) is 1.93. The Kier molecular flexibility index (Phi) is 6.63. The van der Waals surface area contributed by atoms with Gasteiger partial charge in [-0.2, -0.15) is 9.78 Å². The van der Waals surface area contributed by atoms with Crippen molar-refractivity contribution in [2.75, 3.05) is 25.6 Å². The molecule has 0 bridgehead atoms. The Bertz CT molecular complexity index is 1110. The molecule has 3 aromatic rings. The first-order chi connectivity index (χ1) is 14.5. The number of rotatable bonds is 7. The lowest BCUT2D eigenvalue weighted by Gasteiger charge is -2.14. The molecular weight excluding hydrogens is 402 g/mol. The van der Waals surface area contributed by atoms with Crippen molar-refractivity contribution >= 4 is 40.0 Å². The maximum atomic E-state index is 12.4. The van der Waals surface area contributed by atoms with Gasteiger partial charge in [0.1, 0.15) is 16.8 Å². The van der Waals surface area contributed by atoms with E-state index in [1.807, 2.05) is 31.2 Å². The van der Waals surface area contributed by atoms with E-state index in [4.69, 9.17) is 26.7 Å². The first-order valence-electron chi connectivity index (χ1n) is 9.35. The quantitative estimate of drug-likeness (QED) is 0.338. The molecule has 0 saturated carbocycles. The number of thiocarbonyl (C=S) groups is 1. The number of hydrogen-bond donors (Lipinski definition) is 2. The summed E-state index contributed by atoms with van der Waals surface area (Å²) >= 11 is 5.33. The van der Waals surface area contributed by atoms with E-state index < -0.39 is 5.97 Å². The molecule has 2 heterocycles. The summed E-state index contributed by atoms with van der Waals surface area (Å²) < 4.78 is 12.1. The molecule has 30 heavy (non-hydrogen) atoms. The van der Waals surface area contributed by atoms with E-state index in [-0.39, 0.29) is 12.2 Å². The van der Waals surface area contributed by atoms with Gasteiger partial charge in [0.15, 0.2) is 16.7 Å². The SMILES string of the molecule is C=CCNC(=S)Nc1c(C(=O)OCC)cnn1-c1cc(C)c2cccc(OC)c2n1. The van der Waals surface area contributed by atoms with Crippen LogP contribution in [0, 0.1) is 6.92 Å². The number of carbonyl (C=O) groups excluding carboxylic acids is 1. The number of aromatic nitrogens is 3. The molecule has 0 unspecified atom stereocenters. The number of hydrogen-bond acceptors (Lipinski definition) is 6. The summed E-state index contributed by atoms with van der Waals surface area (Å²) in [5, 5.41) is 11.7. The summed E-state index contributed by atoms with van der Waals surface area (Å²) in [5.74, 6) is 1.01. The van der Waals surface area contributed by atoms with Crippen LogP contribution in [0.1, 0.15) is 22.8 Å². The number of pyridine rings is 1. The third kappa shape index (κ3) is 4.25. The zero-order chi connectivity index (χ0) is 21.7. The van der Waals surface area contributed by atoms with Crippen molar-refractivity contribution in [3.05, 3.63) is 54.2 Å². The summed E-state index contributed by atoms with van der Waals surface area (Å²) in [6.45, 7) is 8.09. The molecule has 0 amide bonds.